The van der Waals surface area contributed by atoms with Gasteiger partial charge in [0.25, 0.3) is 0 Å². The van der Waals surface area contributed by atoms with E-state index >= 15 is 0 Å². The second kappa shape index (κ2) is 6.20. The second-order valence-corrected chi connectivity index (χ2v) is 7.92. The Labute approximate surface area is 141 Å². The molecule has 0 saturated heterocycles. The van der Waals surface area contributed by atoms with Crippen LogP contribution in [0.4, 0.5) is 10.5 Å². The quantitative estimate of drug-likeness (QED) is 0.861. The molecule has 0 aromatic carbocycles. The minimum absolute atomic E-state index is 0.206. The lowest BCUT2D eigenvalue weighted by Crippen LogP contribution is -2.43. The van der Waals surface area contributed by atoms with E-state index in [1.807, 2.05) is 0 Å². The van der Waals surface area contributed by atoms with E-state index < -0.39 is 17.7 Å². The van der Waals surface area contributed by atoms with Crippen molar-refractivity contribution in [2.75, 3.05) is 5.32 Å². The van der Waals surface area contributed by atoms with Crippen molar-refractivity contribution in [3.05, 3.63) is 12.4 Å². The van der Waals surface area contributed by atoms with E-state index in [-0.39, 0.29) is 11.8 Å². The maximum Gasteiger partial charge on any atom is 0.435 e. The largest absolute Gasteiger partial charge is 0.442 e. The number of hydrogen-bond donors (Lipinski definition) is 2. The molecule has 0 bridgehead atoms. The summed E-state index contributed by atoms with van der Waals surface area (Å²) in [4.78, 5) is 24.4. The third-order valence-corrected chi connectivity index (χ3v) is 4.48. The Kier molecular flexibility index (Phi) is 4.38. The van der Waals surface area contributed by atoms with E-state index in [4.69, 9.17) is 10.5 Å². The molecule has 0 spiro atoms. The third kappa shape index (κ3) is 4.14. The number of ether oxygens (including phenoxy) is 1. The molecule has 2 aliphatic rings. The van der Waals surface area contributed by atoms with Crippen LogP contribution in [-0.4, -0.2) is 33.4 Å². The number of rotatable bonds is 5. The zero-order chi connectivity index (χ0) is 17.5. The van der Waals surface area contributed by atoms with Gasteiger partial charge in [0, 0.05) is 0 Å². The summed E-state index contributed by atoms with van der Waals surface area (Å²) in [5, 5.41) is 6.71. The lowest BCUT2D eigenvalue weighted by molar-refractivity contribution is -0.118. The minimum atomic E-state index is -0.601. The van der Waals surface area contributed by atoms with Crippen LogP contribution >= 0.6 is 0 Å². The Bertz CT molecular complexity index is 614. The molecule has 1 amide bonds. The molecule has 3 rings (SSSR count). The molecule has 1 aromatic heterocycles. The molecule has 3 N–H and O–H groups in total. The summed E-state index contributed by atoms with van der Waals surface area (Å²) < 4.78 is 6.31. The number of nitrogens with one attached hydrogen (secondary N) is 1. The zero-order valence-corrected chi connectivity index (χ0v) is 14.5. The topological polar surface area (TPSA) is 99.2 Å². The number of hydrogen-bond acceptors (Lipinski definition) is 5. The van der Waals surface area contributed by atoms with Gasteiger partial charge in [-0.15, -0.1) is 0 Å². The highest BCUT2D eigenvalue weighted by Gasteiger charge is 2.46. The Morgan fingerprint density at radius 3 is 2.38 bits per heavy atom. The number of amides is 1. The summed E-state index contributed by atoms with van der Waals surface area (Å²) in [7, 11) is 0. The fourth-order valence-corrected chi connectivity index (χ4v) is 3.13. The van der Waals surface area contributed by atoms with Crippen LogP contribution in [0.2, 0.25) is 0 Å². The van der Waals surface area contributed by atoms with Crippen molar-refractivity contribution >= 4 is 17.7 Å². The van der Waals surface area contributed by atoms with E-state index in [9.17, 15) is 9.59 Å². The van der Waals surface area contributed by atoms with Gasteiger partial charge in [0.2, 0.25) is 5.91 Å². The highest BCUT2D eigenvalue weighted by molar-refractivity contribution is 5.95. The van der Waals surface area contributed by atoms with Crippen molar-refractivity contribution in [1.29, 1.82) is 0 Å². The molecule has 1 aromatic rings. The van der Waals surface area contributed by atoms with Gasteiger partial charge in [-0.05, 0) is 64.2 Å². The van der Waals surface area contributed by atoms with Crippen LogP contribution in [0.1, 0.15) is 46.5 Å². The molecule has 24 heavy (non-hydrogen) atoms. The fraction of sp³-hybridized carbons (Fsp3) is 0.706. The standard InChI is InChI=1S/C17H26N4O3/c1-17(2,3)24-16(23)21-9-12(8-19-21)20-15(22)14(18)13(10-4-5-10)11-6-7-11/h8-11,13-14H,4-7,18H2,1-3H3,(H,20,22)/t14-/m0/s1. The molecular weight excluding hydrogens is 308 g/mol. The summed E-state index contributed by atoms with van der Waals surface area (Å²) >= 11 is 0. The Morgan fingerprint density at radius 2 is 1.88 bits per heavy atom. The van der Waals surface area contributed by atoms with Gasteiger partial charge in [-0.25, -0.2) is 4.79 Å². The molecule has 132 valence electrons. The van der Waals surface area contributed by atoms with Gasteiger partial charge in [-0.1, -0.05) is 0 Å². The van der Waals surface area contributed by atoms with Gasteiger partial charge in [0.1, 0.15) is 5.60 Å². The first-order valence-corrected chi connectivity index (χ1v) is 8.59. The number of aromatic nitrogens is 2. The van der Waals surface area contributed by atoms with Crippen LogP contribution in [-0.2, 0) is 9.53 Å². The average Bonchev–Trinajstić information content (AvgIpc) is 3.39. The molecule has 0 unspecified atom stereocenters. The second-order valence-electron chi connectivity index (χ2n) is 7.92. The molecule has 2 fully saturated rings. The fourth-order valence-electron chi connectivity index (χ4n) is 3.13. The van der Waals surface area contributed by atoms with E-state index in [0.717, 1.165) is 4.68 Å². The highest BCUT2D eigenvalue weighted by atomic mass is 16.6. The number of anilines is 1. The number of carbonyl (C=O) groups excluding carboxylic acids is 2. The molecule has 1 atom stereocenters. The van der Waals surface area contributed by atoms with Crippen molar-refractivity contribution in [3.63, 3.8) is 0 Å². The summed E-state index contributed by atoms with van der Waals surface area (Å²) in [5.74, 6) is 1.28. The molecule has 2 saturated carbocycles. The normalized spacial score (nSPS) is 19.2. The number of carbonyl (C=O) groups is 2. The van der Waals surface area contributed by atoms with Gasteiger partial charge < -0.3 is 15.8 Å². The van der Waals surface area contributed by atoms with E-state index in [0.29, 0.717) is 17.5 Å². The summed E-state index contributed by atoms with van der Waals surface area (Å²) in [6, 6.07) is -0.505. The highest BCUT2D eigenvalue weighted by Crippen LogP contribution is 2.50. The smallest absolute Gasteiger partial charge is 0.435 e. The Balaban J connectivity index is 1.59. The number of nitrogens with zero attached hydrogens (tertiary/aromatic N) is 2. The molecule has 7 heteroatoms. The average molecular weight is 334 g/mol. The zero-order valence-electron chi connectivity index (χ0n) is 14.5. The van der Waals surface area contributed by atoms with Crippen molar-refractivity contribution in [1.82, 2.24) is 9.78 Å². The van der Waals surface area contributed by atoms with Crippen LogP contribution in [0.5, 0.6) is 0 Å². The van der Waals surface area contributed by atoms with E-state index in [1.165, 1.54) is 38.1 Å². The first-order chi connectivity index (χ1) is 11.2. The first kappa shape index (κ1) is 17.0. The molecule has 1 heterocycles. The van der Waals surface area contributed by atoms with E-state index in [2.05, 4.69) is 10.4 Å². The summed E-state index contributed by atoms with van der Waals surface area (Å²) in [6.07, 6.45) is 7.01. The molecular formula is C17H26N4O3. The van der Waals surface area contributed by atoms with Crippen LogP contribution < -0.4 is 11.1 Å². The van der Waals surface area contributed by atoms with Crippen LogP contribution in [0.25, 0.3) is 0 Å². The summed E-state index contributed by atoms with van der Waals surface area (Å²) in [5.41, 5.74) is 6.06. The lowest BCUT2D eigenvalue weighted by Gasteiger charge is -2.22. The maximum absolute atomic E-state index is 12.4. The number of nitrogens with two attached hydrogens (primary N) is 1. The third-order valence-electron chi connectivity index (χ3n) is 4.48. The van der Waals surface area contributed by atoms with Gasteiger partial charge in [-0.2, -0.15) is 9.78 Å². The van der Waals surface area contributed by atoms with Crippen molar-refractivity contribution in [2.24, 2.45) is 23.5 Å². The van der Waals surface area contributed by atoms with Gasteiger partial charge >= 0.3 is 6.09 Å². The molecule has 0 radical (unpaired) electrons. The predicted octanol–water partition coefficient (Wildman–Crippen LogP) is 2.37. The molecule has 2 aliphatic carbocycles. The van der Waals surface area contributed by atoms with Crippen molar-refractivity contribution in [3.8, 4) is 0 Å². The van der Waals surface area contributed by atoms with Crippen molar-refractivity contribution in [2.45, 2.75) is 58.1 Å². The van der Waals surface area contributed by atoms with Gasteiger partial charge in [0.15, 0.2) is 0 Å². The monoisotopic (exact) mass is 334 g/mol. The maximum atomic E-state index is 12.4. The molecule has 0 aliphatic heterocycles. The Hall–Kier alpha value is -1.89. The van der Waals surface area contributed by atoms with Crippen LogP contribution in [0.3, 0.4) is 0 Å². The Morgan fingerprint density at radius 1 is 1.29 bits per heavy atom. The summed E-state index contributed by atoms with van der Waals surface area (Å²) in [6.45, 7) is 5.35. The molecule has 7 nitrogen and oxygen atoms in total. The first-order valence-electron chi connectivity index (χ1n) is 8.59. The van der Waals surface area contributed by atoms with Gasteiger partial charge in [-0.3, -0.25) is 4.79 Å². The lowest BCUT2D eigenvalue weighted by atomic mass is 9.89. The van der Waals surface area contributed by atoms with Crippen LogP contribution in [0, 0.1) is 17.8 Å². The minimum Gasteiger partial charge on any atom is -0.442 e. The SMILES string of the molecule is CC(C)(C)OC(=O)n1cc(NC(=O)[C@@H](N)C(C2CC2)C2CC2)cn1. The van der Waals surface area contributed by atoms with E-state index in [1.54, 1.807) is 20.8 Å². The van der Waals surface area contributed by atoms with Gasteiger partial charge in [0.05, 0.1) is 24.1 Å². The van der Waals surface area contributed by atoms with Crippen molar-refractivity contribution < 1.29 is 14.3 Å². The predicted molar refractivity (Wildman–Crippen MR) is 89.4 cm³/mol. The van der Waals surface area contributed by atoms with Crippen LogP contribution in [0.15, 0.2) is 12.4 Å².